The molecule has 3 aromatic rings. The van der Waals surface area contributed by atoms with Crippen molar-refractivity contribution in [2.24, 2.45) is 7.05 Å². The van der Waals surface area contributed by atoms with E-state index < -0.39 is 5.97 Å². The minimum Gasteiger partial charge on any atom is -0.476 e. The highest BCUT2D eigenvalue weighted by Gasteiger charge is 2.24. The lowest BCUT2D eigenvalue weighted by Crippen LogP contribution is -2.09. The first-order chi connectivity index (χ1) is 10.1. The molecule has 0 aliphatic carbocycles. The molecular formula is C11H11N7O3. The van der Waals surface area contributed by atoms with Crippen molar-refractivity contribution in [3.05, 3.63) is 29.9 Å². The lowest BCUT2D eigenvalue weighted by Gasteiger charge is -2.04. The molecule has 0 aliphatic heterocycles. The van der Waals surface area contributed by atoms with Gasteiger partial charge in [0.15, 0.2) is 5.82 Å². The SMILES string of the molecule is Cc1nnc(Cn2nnc(C(=O)O)c2-c2nccn2C)o1. The third kappa shape index (κ3) is 2.26. The number of hydrogen-bond donors (Lipinski definition) is 1. The van der Waals surface area contributed by atoms with Gasteiger partial charge >= 0.3 is 5.97 Å². The number of imidazole rings is 1. The summed E-state index contributed by atoms with van der Waals surface area (Å²) in [6, 6.07) is 0. The summed E-state index contributed by atoms with van der Waals surface area (Å²) in [4.78, 5) is 15.4. The fourth-order valence-electron chi connectivity index (χ4n) is 1.91. The van der Waals surface area contributed by atoms with Crippen LogP contribution in [-0.2, 0) is 13.6 Å². The molecule has 0 bridgehead atoms. The number of aryl methyl sites for hydroxylation is 2. The topological polar surface area (TPSA) is 125 Å². The Bertz CT molecular complexity index is 800. The second-order valence-corrected chi connectivity index (χ2v) is 4.33. The van der Waals surface area contributed by atoms with E-state index in [0.29, 0.717) is 17.6 Å². The van der Waals surface area contributed by atoms with Crippen LogP contribution in [0.2, 0.25) is 0 Å². The Balaban J connectivity index is 2.09. The van der Waals surface area contributed by atoms with Crippen LogP contribution in [0.4, 0.5) is 0 Å². The van der Waals surface area contributed by atoms with E-state index in [1.165, 1.54) is 4.68 Å². The molecule has 0 saturated heterocycles. The maximum absolute atomic E-state index is 11.3. The second-order valence-electron chi connectivity index (χ2n) is 4.33. The summed E-state index contributed by atoms with van der Waals surface area (Å²) in [6.45, 7) is 1.78. The molecule has 0 aromatic carbocycles. The van der Waals surface area contributed by atoms with E-state index in [2.05, 4.69) is 25.5 Å². The van der Waals surface area contributed by atoms with Crippen LogP contribution in [-0.4, -0.2) is 45.8 Å². The monoisotopic (exact) mass is 289 g/mol. The zero-order valence-corrected chi connectivity index (χ0v) is 11.3. The van der Waals surface area contributed by atoms with E-state index in [1.807, 2.05) is 0 Å². The standard InChI is InChI=1S/C11H11N7O3/c1-6-13-14-7(21-6)5-18-9(8(11(19)20)15-16-18)10-12-3-4-17(10)2/h3-4H,5H2,1-2H3,(H,19,20). The highest BCUT2D eigenvalue weighted by atomic mass is 16.4. The first kappa shape index (κ1) is 13.0. The molecule has 0 amide bonds. The van der Waals surface area contributed by atoms with Gasteiger partial charge in [0.25, 0.3) is 0 Å². The van der Waals surface area contributed by atoms with Gasteiger partial charge in [0.2, 0.25) is 17.5 Å². The number of aromatic nitrogens is 7. The fourth-order valence-corrected chi connectivity index (χ4v) is 1.91. The van der Waals surface area contributed by atoms with Crippen LogP contribution in [0.1, 0.15) is 22.3 Å². The number of carboxylic acid groups (broad SMARTS) is 1. The molecule has 10 heteroatoms. The van der Waals surface area contributed by atoms with Crippen LogP contribution in [0.25, 0.3) is 11.5 Å². The third-order valence-electron chi connectivity index (χ3n) is 2.82. The summed E-state index contributed by atoms with van der Waals surface area (Å²) >= 11 is 0. The maximum atomic E-state index is 11.3. The smallest absolute Gasteiger partial charge is 0.358 e. The lowest BCUT2D eigenvalue weighted by atomic mass is 10.3. The third-order valence-corrected chi connectivity index (χ3v) is 2.82. The number of carboxylic acids is 1. The average molecular weight is 289 g/mol. The highest BCUT2D eigenvalue weighted by molar-refractivity contribution is 5.91. The van der Waals surface area contributed by atoms with Crippen LogP contribution >= 0.6 is 0 Å². The number of rotatable bonds is 4. The molecule has 0 atom stereocenters. The van der Waals surface area contributed by atoms with Crippen LogP contribution in [0.3, 0.4) is 0 Å². The molecule has 0 aliphatic rings. The second kappa shape index (κ2) is 4.81. The van der Waals surface area contributed by atoms with Gasteiger partial charge in [-0.15, -0.1) is 15.3 Å². The van der Waals surface area contributed by atoms with Gasteiger partial charge in [0, 0.05) is 26.4 Å². The van der Waals surface area contributed by atoms with Crippen LogP contribution < -0.4 is 0 Å². The molecule has 3 aromatic heterocycles. The van der Waals surface area contributed by atoms with Crippen molar-refractivity contribution < 1.29 is 14.3 Å². The van der Waals surface area contributed by atoms with E-state index in [-0.39, 0.29) is 17.9 Å². The summed E-state index contributed by atoms with van der Waals surface area (Å²) < 4.78 is 8.33. The number of hydrogen-bond acceptors (Lipinski definition) is 7. The Kier molecular flexibility index (Phi) is 2.97. The quantitative estimate of drug-likeness (QED) is 0.717. The molecule has 0 unspecified atom stereocenters. The van der Waals surface area contributed by atoms with E-state index in [0.717, 1.165) is 0 Å². The molecule has 108 valence electrons. The summed E-state index contributed by atoms with van der Waals surface area (Å²) in [5.74, 6) is -0.0125. The van der Waals surface area contributed by atoms with Crippen LogP contribution in [0.5, 0.6) is 0 Å². The summed E-state index contributed by atoms with van der Waals surface area (Å²) in [6.07, 6.45) is 3.27. The van der Waals surface area contributed by atoms with Crippen LogP contribution in [0, 0.1) is 6.92 Å². The first-order valence-electron chi connectivity index (χ1n) is 5.99. The maximum Gasteiger partial charge on any atom is 0.358 e. The van der Waals surface area contributed by atoms with Gasteiger partial charge in [0.1, 0.15) is 12.2 Å². The van der Waals surface area contributed by atoms with Crippen molar-refractivity contribution in [2.45, 2.75) is 13.5 Å². The van der Waals surface area contributed by atoms with Gasteiger partial charge in [-0.1, -0.05) is 5.21 Å². The van der Waals surface area contributed by atoms with Crippen molar-refractivity contribution in [3.63, 3.8) is 0 Å². The average Bonchev–Trinajstić information content (AvgIpc) is 3.11. The Labute approximate surface area is 118 Å². The molecule has 10 nitrogen and oxygen atoms in total. The van der Waals surface area contributed by atoms with Gasteiger partial charge in [-0.05, 0) is 0 Å². The molecular weight excluding hydrogens is 278 g/mol. The molecule has 0 spiro atoms. The molecule has 0 saturated carbocycles. The zero-order chi connectivity index (χ0) is 15.0. The predicted molar refractivity (Wildman–Crippen MR) is 67.3 cm³/mol. The molecule has 1 N–H and O–H groups in total. The van der Waals surface area contributed by atoms with Gasteiger partial charge in [0.05, 0.1) is 0 Å². The van der Waals surface area contributed by atoms with E-state index >= 15 is 0 Å². The molecule has 0 fully saturated rings. The van der Waals surface area contributed by atoms with E-state index in [1.54, 1.807) is 30.9 Å². The van der Waals surface area contributed by atoms with E-state index in [9.17, 15) is 9.90 Å². The number of aromatic carboxylic acids is 1. The Morgan fingerprint density at radius 2 is 2.19 bits per heavy atom. The largest absolute Gasteiger partial charge is 0.476 e. The minimum atomic E-state index is -1.18. The van der Waals surface area contributed by atoms with Crippen LogP contribution in [0.15, 0.2) is 16.8 Å². The lowest BCUT2D eigenvalue weighted by molar-refractivity contribution is 0.0691. The minimum absolute atomic E-state index is 0.114. The molecule has 21 heavy (non-hydrogen) atoms. The molecule has 3 heterocycles. The van der Waals surface area contributed by atoms with Gasteiger partial charge in [-0.3, -0.25) is 0 Å². The fraction of sp³-hybridized carbons (Fsp3) is 0.273. The van der Waals surface area contributed by atoms with Crippen molar-refractivity contribution in [1.82, 2.24) is 34.7 Å². The van der Waals surface area contributed by atoms with Crippen molar-refractivity contribution in [2.75, 3.05) is 0 Å². The molecule has 0 radical (unpaired) electrons. The van der Waals surface area contributed by atoms with Gasteiger partial charge in [-0.2, -0.15) is 0 Å². The molecule has 3 rings (SSSR count). The Morgan fingerprint density at radius 3 is 2.76 bits per heavy atom. The highest BCUT2D eigenvalue weighted by Crippen LogP contribution is 2.21. The number of nitrogens with zero attached hydrogens (tertiary/aromatic N) is 7. The Hall–Kier alpha value is -3.04. The van der Waals surface area contributed by atoms with Gasteiger partial charge in [-0.25, -0.2) is 14.5 Å². The summed E-state index contributed by atoms with van der Waals surface area (Å²) in [5, 5.41) is 24.3. The van der Waals surface area contributed by atoms with Crippen molar-refractivity contribution >= 4 is 5.97 Å². The van der Waals surface area contributed by atoms with Crippen molar-refractivity contribution in [3.8, 4) is 11.5 Å². The zero-order valence-electron chi connectivity index (χ0n) is 11.3. The van der Waals surface area contributed by atoms with Crippen molar-refractivity contribution in [1.29, 1.82) is 0 Å². The first-order valence-corrected chi connectivity index (χ1v) is 5.99. The van der Waals surface area contributed by atoms with Gasteiger partial charge < -0.3 is 14.1 Å². The number of carbonyl (C=O) groups is 1. The summed E-state index contributed by atoms with van der Waals surface area (Å²) in [5.41, 5.74) is 0.103. The normalized spacial score (nSPS) is 11.0. The van der Waals surface area contributed by atoms with E-state index in [4.69, 9.17) is 4.42 Å². The predicted octanol–water partition coefficient (Wildman–Crippen LogP) is 0.117. The summed E-state index contributed by atoms with van der Waals surface area (Å²) in [7, 11) is 1.75. The Morgan fingerprint density at radius 1 is 1.38 bits per heavy atom.